The molecule has 0 aromatic rings. The SMILES string of the molecule is CO[C@@H]1O[C@H](COC(=O)C(C)(C)C)[C@@H](OC(=O)C(C)(C)C)[C@H](OC(=O)C(C)(C)C)[C@H]1OC(=O)C(C)(C)C. The molecule has 0 spiro atoms. The van der Waals surface area contributed by atoms with E-state index in [1.807, 2.05) is 0 Å². The molecule has 0 aliphatic carbocycles. The van der Waals surface area contributed by atoms with Crippen LogP contribution in [0.5, 0.6) is 0 Å². The third kappa shape index (κ3) is 9.25. The van der Waals surface area contributed by atoms with Crippen LogP contribution in [0.15, 0.2) is 0 Å². The summed E-state index contributed by atoms with van der Waals surface area (Å²) in [6, 6.07) is 0. The van der Waals surface area contributed by atoms with E-state index in [2.05, 4.69) is 0 Å². The number of esters is 4. The van der Waals surface area contributed by atoms with Crippen molar-refractivity contribution in [1.29, 1.82) is 0 Å². The van der Waals surface area contributed by atoms with Gasteiger partial charge in [-0.05, 0) is 83.1 Å². The third-order valence-corrected chi connectivity index (χ3v) is 5.38. The van der Waals surface area contributed by atoms with Crippen LogP contribution in [-0.4, -0.2) is 68.3 Å². The first-order valence-corrected chi connectivity index (χ1v) is 12.5. The van der Waals surface area contributed by atoms with E-state index >= 15 is 0 Å². The molecule has 1 aliphatic rings. The average Bonchev–Trinajstić information content (AvgIpc) is 2.71. The second kappa shape index (κ2) is 11.7. The van der Waals surface area contributed by atoms with E-state index in [9.17, 15) is 19.2 Å². The number of hydrogen-bond donors (Lipinski definition) is 0. The Labute approximate surface area is 221 Å². The number of carbonyl (C=O) groups is 4. The quantitative estimate of drug-likeness (QED) is 0.370. The van der Waals surface area contributed by atoms with Crippen LogP contribution in [0.2, 0.25) is 0 Å². The summed E-state index contributed by atoms with van der Waals surface area (Å²) in [7, 11) is 1.34. The molecule has 0 bridgehead atoms. The van der Waals surface area contributed by atoms with E-state index in [1.54, 1.807) is 83.1 Å². The zero-order valence-corrected chi connectivity index (χ0v) is 24.7. The number of carbonyl (C=O) groups excluding carboxylic acids is 4. The van der Waals surface area contributed by atoms with Gasteiger partial charge in [0.15, 0.2) is 24.6 Å². The van der Waals surface area contributed by atoms with Crippen molar-refractivity contribution >= 4 is 23.9 Å². The Balaban J connectivity index is 3.58. The predicted molar refractivity (Wildman–Crippen MR) is 134 cm³/mol. The van der Waals surface area contributed by atoms with Crippen molar-refractivity contribution in [2.45, 2.75) is 114 Å². The van der Waals surface area contributed by atoms with Crippen LogP contribution >= 0.6 is 0 Å². The number of rotatable bonds is 6. The van der Waals surface area contributed by atoms with Crippen molar-refractivity contribution in [3.8, 4) is 0 Å². The summed E-state index contributed by atoms with van der Waals surface area (Å²) in [4.78, 5) is 51.3. The molecule has 1 rings (SSSR count). The predicted octanol–water partition coefficient (Wildman–Crippen LogP) is 3.82. The number of ether oxygens (including phenoxy) is 6. The van der Waals surface area contributed by atoms with Crippen LogP contribution < -0.4 is 0 Å². The molecule has 0 amide bonds. The zero-order valence-electron chi connectivity index (χ0n) is 24.7. The van der Waals surface area contributed by atoms with Gasteiger partial charge in [-0.15, -0.1) is 0 Å². The Morgan fingerprint density at radius 1 is 0.568 bits per heavy atom. The Kier molecular flexibility index (Phi) is 10.4. The van der Waals surface area contributed by atoms with E-state index in [1.165, 1.54) is 7.11 Å². The van der Waals surface area contributed by atoms with E-state index in [0.29, 0.717) is 0 Å². The second-order valence-corrected chi connectivity index (χ2v) is 13.5. The van der Waals surface area contributed by atoms with E-state index in [0.717, 1.165) is 0 Å². The van der Waals surface area contributed by atoms with Crippen LogP contribution in [0.1, 0.15) is 83.1 Å². The van der Waals surface area contributed by atoms with Crippen LogP contribution in [0, 0.1) is 21.7 Å². The smallest absolute Gasteiger partial charge is 0.311 e. The molecule has 1 aliphatic heterocycles. The first-order chi connectivity index (χ1) is 16.5. The van der Waals surface area contributed by atoms with Crippen molar-refractivity contribution in [3.05, 3.63) is 0 Å². The van der Waals surface area contributed by atoms with Crippen molar-refractivity contribution < 1.29 is 47.6 Å². The van der Waals surface area contributed by atoms with Gasteiger partial charge in [-0.1, -0.05) is 0 Å². The molecule has 5 atom stereocenters. The Morgan fingerprint density at radius 2 is 0.919 bits per heavy atom. The average molecular weight is 531 g/mol. The molecular formula is C27H46O10. The summed E-state index contributed by atoms with van der Waals surface area (Å²) in [5, 5.41) is 0. The van der Waals surface area contributed by atoms with Crippen molar-refractivity contribution in [3.63, 3.8) is 0 Å². The lowest BCUT2D eigenvalue weighted by molar-refractivity contribution is -0.306. The summed E-state index contributed by atoms with van der Waals surface area (Å²) < 4.78 is 34.4. The maximum absolute atomic E-state index is 13.0. The van der Waals surface area contributed by atoms with Gasteiger partial charge in [0.2, 0.25) is 0 Å². The molecule has 214 valence electrons. The summed E-state index contributed by atoms with van der Waals surface area (Å²) >= 11 is 0. The van der Waals surface area contributed by atoms with Gasteiger partial charge < -0.3 is 28.4 Å². The normalized spacial score (nSPS) is 25.2. The molecule has 0 unspecified atom stereocenters. The lowest BCUT2D eigenvalue weighted by Gasteiger charge is -2.45. The molecule has 1 fully saturated rings. The molecule has 0 aromatic heterocycles. The molecule has 0 aromatic carbocycles. The van der Waals surface area contributed by atoms with E-state index < -0.39 is 76.2 Å². The molecule has 0 saturated carbocycles. The molecular weight excluding hydrogens is 484 g/mol. The molecule has 0 N–H and O–H groups in total. The van der Waals surface area contributed by atoms with Crippen molar-refractivity contribution in [2.75, 3.05) is 13.7 Å². The van der Waals surface area contributed by atoms with Gasteiger partial charge in [-0.2, -0.15) is 0 Å². The van der Waals surface area contributed by atoms with Gasteiger partial charge in [0.05, 0.1) is 21.7 Å². The topological polar surface area (TPSA) is 124 Å². The fraction of sp³-hybridized carbons (Fsp3) is 0.852. The minimum absolute atomic E-state index is 0.318. The van der Waals surface area contributed by atoms with Gasteiger partial charge in [-0.25, -0.2) is 0 Å². The summed E-state index contributed by atoms with van der Waals surface area (Å²) in [6.07, 6.45) is -6.12. The molecule has 37 heavy (non-hydrogen) atoms. The van der Waals surface area contributed by atoms with Crippen LogP contribution in [-0.2, 0) is 47.6 Å². The molecule has 1 saturated heterocycles. The first kappa shape index (κ1) is 32.8. The summed E-state index contributed by atoms with van der Waals surface area (Å²) in [5.41, 5.74) is -3.53. The fourth-order valence-corrected chi connectivity index (χ4v) is 2.88. The van der Waals surface area contributed by atoms with Crippen LogP contribution in [0.3, 0.4) is 0 Å². The van der Waals surface area contributed by atoms with Crippen LogP contribution in [0.4, 0.5) is 0 Å². The zero-order chi connectivity index (χ0) is 29.1. The lowest BCUT2D eigenvalue weighted by Crippen LogP contribution is -2.64. The van der Waals surface area contributed by atoms with Gasteiger partial charge >= 0.3 is 23.9 Å². The van der Waals surface area contributed by atoms with Gasteiger partial charge in [0, 0.05) is 7.11 Å². The minimum Gasteiger partial charge on any atom is -0.462 e. The summed E-state index contributed by atoms with van der Waals surface area (Å²) in [5.74, 6) is -2.33. The summed E-state index contributed by atoms with van der Waals surface area (Å²) in [6.45, 7) is 19.8. The minimum atomic E-state index is -1.30. The molecule has 10 heteroatoms. The highest BCUT2D eigenvalue weighted by atomic mass is 16.7. The molecule has 0 radical (unpaired) electrons. The maximum Gasteiger partial charge on any atom is 0.311 e. The second-order valence-electron chi connectivity index (χ2n) is 13.5. The fourth-order valence-electron chi connectivity index (χ4n) is 2.88. The highest BCUT2D eigenvalue weighted by molar-refractivity contribution is 5.78. The van der Waals surface area contributed by atoms with Crippen molar-refractivity contribution in [2.24, 2.45) is 21.7 Å². The van der Waals surface area contributed by atoms with Crippen LogP contribution in [0.25, 0.3) is 0 Å². The number of hydrogen-bond acceptors (Lipinski definition) is 10. The third-order valence-electron chi connectivity index (χ3n) is 5.38. The first-order valence-electron chi connectivity index (χ1n) is 12.5. The highest BCUT2D eigenvalue weighted by Crippen LogP contribution is 2.34. The largest absolute Gasteiger partial charge is 0.462 e. The standard InChI is InChI=1S/C27H46O10/c1-24(2,3)20(28)33-14-15-16(35-21(29)25(4,5)6)17(36-22(30)26(7,8)9)18(19(32-13)34-15)37-23(31)27(10,11)12/h15-19H,14H2,1-13H3/t15-,16-,17+,18-,19-/m1/s1. The number of methoxy groups -OCH3 is 1. The Hall–Kier alpha value is -2.20. The van der Waals surface area contributed by atoms with E-state index in [-0.39, 0.29) is 6.61 Å². The molecule has 1 heterocycles. The van der Waals surface area contributed by atoms with Gasteiger partial charge in [0.25, 0.3) is 0 Å². The highest BCUT2D eigenvalue weighted by Gasteiger charge is 2.54. The Morgan fingerprint density at radius 3 is 1.27 bits per heavy atom. The maximum atomic E-state index is 13.0. The van der Waals surface area contributed by atoms with E-state index in [4.69, 9.17) is 28.4 Å². The molecule has 10 nitrogen and oxygen atoms in total. The monoisotopic (exact) mass is 530 g/mol. The Bertz CT molecular complexity index is 835. The lowest BCUT2D eigenvalue weighted by atomic mass is 9.93. The van der Waals surface area contributed by atoms with Gasteiger partial charge in [0.1, 0.15) is 12.7 Å². The van der Waals surface area contributed by atoms with Gasteiger partial charge in [-0.3, -0.25) is 19.2 Å². The van der Waals surface area contributed by atoms with Crippen molar-refractivity contribution in [1.82, 2.24) is 0 Å².